The van der Waals surface area contributed by atoms with Crippen LogP contribution in [0.4, 0.5) is 0 Å². The molecule has 0 spiro atoms. The standard InChI is InChI=1S/C15H23NO2/c1-2-4-14(5-3-1)18-15-6-9-16(12-15)13-7-10-17-11-8-13/h2,4-5,13,15H,1,3,6-12H2. The van der Waals surface area contributed by atoms with E-state index in [1.807, 2.05) is 0 Å². The number of hydrogen-bond donors (Lipinski definition) is 0. The van der Waals surface area contributed by atoms with Gasteiger partial charge in [-0.2, -0.15) is 0 Å². The number of nitrogens with zero attached hydrogens (tertiary/aromatic N) is 1. The van der Waals surface area contributed by atoms with E-state index in [1.54, 1.807) is 0 Å². The maximum atomic E-state index is 6.07. The predicted molar refractivity (Wildman–Crippen MR) is 71.4 cm³/mol. The summed E-state index contributed by atoms with van der Waals surface area (Å²) in [5.41, 5.74) is 0. The quantitative estimate of drug-likeness (QED) is 0.767. The maximum Gasteiger partial charge on any atom is 0.115 e. The third-order valence-electron chi connectivity index (χ3n) is 4.15. The Morgan fingerprint density at radius 1 is 1.17 bits per heavy atom. The fourth-order valence-corrected chi connectivity index (χ4v) is 3.10. The Morgan fingerprint density at radius 3 is 2.83 bits per heavy atom. The van der Waals surface area contributed by atoms with Crippen LogP contribution in [0.25, 0.3) is 0 Å². The molecule has 1 unspecified atom stereocenters. The molecule has 1 aliphatic carbocycles. The number of allylic oxidation sites excluding steroid dienone is 3. The first-order chi connectivity index (χ1) is 8.92. The van der Waals surface area contributed by atoms with Crippen LogP contribution in [0.5, 0.6) is 0 Å². The molecule has 0 aromatic rings. The van der Waals surface area contributed by atoms with Crippen molar-refractivity contribution in [1.82, 2.24) is 4.90 Å². The molecule has 0 N–H and O–H groups in total. The molecular weight excluding hydrogens is 226 g/mol. The summed E-state index contributed by atoms with van der Waals surface area (Å²) in [6.45, 7) is 4.14. The van der Waals surface area contributed by atoms with E-state index in [0.29, 0.717) is 6.10 Å². The first-order valence-corrected chi connectivity index (χ1v) is 7.27. The topological polar surface area (TPSA) is 21.7 Å². The van der Waals surface area contributed by atoms with Crippen LogP contribution in [0, 0.1) is 0 Å². The van der Waals surface area contributed by atoms with Crippen LogP contribution < -0.4 is 0 Å². The second-order valence-electron chi connectivity index (χ2n) is 5.45. The van der Waals surface area contributed by atoms with Crippen molar-refractivity contribution in [3.63, 3.8) is 0 Å². The van der Waals surface area contributed by atoms with Crippen molar-refractivity contribution in [2.45, 2.75) is 44.2 Å². The van der Waals surface area contributed by atoms with Crippen LogP contribution in [0.1, 0.15) is 32.1 Å². The second kappa shape index (κ2) is 5.89. The van der Waals surface area contributed by atoms with Gasteiger partial charge in [-0.1, -0.05) is 6.08 Å². The average Bonchev–Trinajstić information content (AvgIpc) is 2.89. The van der Waals surface area contributed by atoms with Gasteiger partial charge in [-0.3, -0.25) is 4.90 Å². The van der Waals surface area contributed by atoms with Gasteiger partial charge in [0.05, 0.1) is 0 Å². The lowest BCUT2D eigenvalue weighted by Crippen LogP contribution is -2.38. The maximum absolute atomic E-state index is 6.07. The monoisotopic (exact) mass is 249 g/mol. The molecule has 0 radical (unpaired) electrons. The van der Waals surface area contributed by atoms with Gasteiger partial charge in [0, 0.05) is 32.3 Å². The molecule has 3 aliphatic rings. The molecule has 2 aliphatic heterocycles. The van der Waals surface area contributed by atoms with Crippen molar-refractivity contribution in [3.05, 3.63) is 24.0 Å². The van der Waals surface area contributed by atoms with E-state index in [-0.39, 0.29) is 0 Å². The van der Waals surface area contributed by atoms with Gasteiger partial charge in [0.25, 0.3) is 0 Å². The van der Waals surface area contributed by atoms with Crippen LogP contribution >= 0.6 is 0 Å². The summed E-state index contributed by atoms with van der Waals surface area (Å²) in [4.78, 5) is 2.60. The molecule has 0 saturated carbocycles. The van der Waals surface area contributed by atoms with Crippen molar-refractivity contribution in [3.8, 4) is 0 Å². The van der Waals surface area contributed by atoms with Crippen molar-refractivity contribution in [2.24, 2.45) is 0 Å². The highest BCUT2D eigenvalue weighted by molar-refractivity contribution is 5.16. The highest BCUT2D eigenvalue weighted by atomic mass is 16.5. The summed E-state index contributed by atoms with van der Waals surface area (Å²) in [6.07, 6.45) is 12.8. The summed E-state index contributed by atoms with van der Waals surface area (Å²) >= 11 is 0. The van der Waals surface area contributed by atoms with Crippen molar-refractivity contribution in [2.75, 3.05) is 26.3 Å². The lowest BCUT2D eigenvalue weighted by atomic mass is 10.1. The molecule has 1 atom stereocenters. The van der Waals surface area contributed by atoms with Gasteiger partial charge >= 0.3 is 0 Å². The summed E-state index contributed by atoms with van der Waals surface area (Å²) < 4.78 is 11.5. The SMILES string of the molecule is C1=CC(OC2CCN(C3CCOCC3)C2)=CCC1. The van der Waals surface area contributed by atoms with Gasteiger partial charge in [-0.25, -0.2) is 0 Å². The molecule has 3 nitrogen and oxygen atoms in total. The average molecular weight is 249 g/mol. The molecule has 100 valence electrons. The van der Waals surface area contributed by atoms with E-state index in [4.69, 9.17) is 9.47 Å². The summed E-state index contributed by atoms with van der Waals surface area (Å²) in [5, 5.41) is 0. The zero-order valence-corrected chi connectivity index (χ0v) is 11.0. The lowest BCUT2D eigenvalue weighted by Gasteiger charge is -2.30. The number of rotatable bonds is 3. The number of hydrogen-bond acceptors (Lipinski definition) is 3. The summed E-state index contributed by atoms with van der Waals surface area (Å²) in [7, 11) is 0. The molecule has 2 heterocycles. The van der Waals surface area contributed by atoms with Gasteiger partial charge < -0.3 is 9.47 Å². The molecular formula is C15H23NO2. The molecule has 0 bridgehead atoms. The van der Waals surface area contributed by atoms with Crippen LogP contribution in [0.2, 0.25) is 0 Å². The molecule has 3 heteroatoms. The minimum atomic E-state index is 0.391. The fourth-order valence-electron chi connectivity index (χ4n) is 3.10. The van der Waals surface area contributed by atoms with E-state index in [2.05, 4.69) is 23.1 Å². The van der Waals surface area contributed by atoms with Crippen LogP contribution in [-0.4, -0.2) is 43.3 Å². The minimum absolute atomic E-state index is 0.391. The lowest BCUT2D eigenvalue weighted by molar-refractivity contribution is 0.0356. The van der Waals surface area contributed by atoms with Crippen LogP contribution in [0.15, 0.2) is 24.0 Å². The van der Waals surface area contributed by atoms with Crippen molar-refractivity contribution in [1.29, 1.82) is 0 Å². The minimum Gasteiger partial charge on any atom is -0.489 e. The number of likely N-dealkylation sites (tertiary alicyclic amines) is 1. The van der Waals surface area contributed by atoms with Gasteiger partial charge in [0.15, 0.2) is 0 Å². The third kappa shape index (κ3) is 2.96. The van der Waals surface area contributed by atoms with Gasteiger partial charge in [0.2, 0.25) is 0 Å². The Bertz CT molecular complexity index is 331. The van der Waals surface area contributed by atoms with Crippen molar-refractivity contribution < 1.29 is 9.47 Å². The normalized spacial score (nSPS) is 30.4. The highest BCUT2D eigenvalue weighted by Crippen LogP contribution is 2.24. The fraction of sp³-hybridized carbons (Fsp3) is 0.733. The molecule has 3 rings (SSSR count). The molecule has 0 amide bonds. The Balaban J connectivity index is 1.48. The molecule has 2 saturated heterocycles. The molecule has 18 heavy (non-hydrogen) atoms. The molecule has 0 aromatic carbocycles. The third-order valence-corrected chi connectivity index (χ3v) is 4.15. The van der Waals surface area contributed by atoms with E-state index in [9.17, 15) is 0 Å². The largest absolute Gasteiger partial charge is 0.489 e. The highest BCUT2D eigenvalue weighted by Gasteiger charge is 2.30. The Kier molecular flexibility index (Phi) is 4.01. The smallest absolute Gasteiger partial charge is 0.115 e. The predicted octanol–water partition coefficient (Wildman–Crippen LogP) is 2.49. The van der Waals surface area contributed by atoms with Crippen LogP contribution in [0.3, 0.4) is 0 Å². The molecule has 2 fully saturated rings. The van der Waals surface area contributed by atoms with E-state index in [0.717, 1.165) is 44.4 Å². The van der Waals surface area contributed by atoms with Crippen LogP contribution in [-0.2, 0) is 9.47 Å². The van der Waals surface area contributed by atoms with Gasteiger partial charge in [0.1, 0.15) is 11.9 Å². The first kappa shape index (κ1) is 12.2. The zero-order valence-electron chi connectivity index (χ0n) is 11.0. The second-order valence-corrected chi connectivity index (χ2v) is 5.45. The zero-order chi connectivity index (χ0) is 12.2. The van der Waals surface area contributed by atoms with E-state index < -0.39 is 0 Å². The first-order valence-electron chi connectivity index (χ1n) is 7.27. The van der Waals surface area contributed by atoms with E-state index in [1.165, 1.54) is 25.8 Å². The van der Waals surface area contributed by atoms with Gasteiger partial charge in [-0.15, -0.1) is 0 Å². The Labute approximate surface area is 109 Å². The summed E-state index contributed by atoms with van der Waals surface area (Å²) in [5.74, 6) is 1.08. The van der Waals surface area contributed by atoms with Gasteiger partial charge in [-0.05, 0) is 44.3 Å². The number of ether oxygens (including phenoxy) is 2. The van der Waals surface area contributed by atoms with Crippen molar-refractivity contribution >= 4 is 0 Å². The Hall–Kier alpha value is -0.800. The van der Waals surface area contributed by atoms with E-state index >= 15 is 0 Å². The Morgan fingerprint density at radius 2 is 2.06 bits per heavy atom. The molecule has 0 aromatic heterocycles. The summed E-state index contributed by atoms with van der Waals surface area (Å²) in [6, 6.07) is 0.725.